The minimum Gasteiger partial charge on any atom is -0.341 e. The van der Waals surface area contributed by atoms with Gasteiger partial charge in [-0.3, -0.25) is 14.6 Å². The predicted molar refractivity (Wildman–Crippen MR) is 114 cm³/mol. The van der Waals surface area contributed by atoms with E-state index in [1.807, 2.05) is 11.9 Å². The van der Waals surface area contributed by atoms with Crippen LogP contribution in [0.3, 0.4) is 0 Å². The summed E-state index contributed by atoms with van der Waals surface area (Å²) in [5.74, 6) is 0.299. The molecule has 28 heavy (non-hydrogen) atoms. The van der Waals surface area contributed by atoms with Crippen LogP contribution in [0, 0.1) is 5.92 Å². The van der Waals surface area contributed by atoms with Crippen LogP contribution in [0.4, 0.5) is 5.00 Å². The number of aryl methyl sites for hydroxylation is 1. The molecule has 0 unspecified atom stereocenters. The Balaban J connectivity index is 1.89. The van der Waals surface area contributed by atoms with Gasteiger partial charge in [-0.05, 0) is 49.3 Å². The van der Waals surface area contributed by atoms with Crippen LogP contribution in [0.15, 0.2) is 24.5 Å². The summed E-state index contributed by atoms with van der Waals surface area (Å²) in [5.41, 5.74) is 2.34. The first-order chi connectivity index (χ1) is 13.5. The first-order valence-electron chi connectivity index (χ1n) is 10.2. The standard InChI is InChI=1S/C22H29N3O2S/c1-4-15(5-2)14-25(3)22(27)19-17-10-6-7-11-18(17)28-21(19)24-20(26)16-9-8-12-23-13-16/h8-9,12-13,15H,4-7,10-11,14H2,1-3H3,(H,24,26). The third kappa shape index (κ3) is 4.43. The van der Waals surface area contributed by atoms with Gasteiger partial charge >= 0.3 is 0 Å². The van der Waals surface area contributed by atoms with Gasteiger partial charge in [-0.15, -0.1) is 11.3 Å². The predicted octanol–water partition coefficient (Wildman–Crippen LogP) is 4.78. The SMILES string of the molecule is CCC(CC)CN(C)C(=O)c1c(NC(=O)c2cccnc2)sc2c1CCCC2. The molecule has 0 fully saturated rings. The van der Waals surface area contributed by atoms with Crippen molar-refractivity contribution >= 4 is 28.2 Å². The van der Waals surface area contributed by atoms with Crippen molar-refractivity contribution in [1.82, 2.24) is 9.88 Å². The van der Waals surface area contributed by atoms with Gasteiger partial charge in [-0.1, -0.05) is 26.7 Å². The highest BCUT2D eigenvalue weighted by atomic mass is 32.1. The number of carbonyl (C=O) groups excluding carboxylic acids is 2. The molecule has 2 amide bonds. The van der Waals surface area contributed by atoms with E-state index in [1.54, 1.807) is 35.9 Å². The monoisotopic (exact) mass is 399 g/mol. The van der Waals surface area contributed by atoms with E-state index in [2.05, 4.69) is 24.1 Å². The van der Waals surface area contributed by atoms with Crippen LogP contribution < -0.4 is 5.32 Å². The van der Waals surface area contributed by atoms with Gasteiger partial charge in [0.2, 0.25) is 0 Å². The van der Waals surface area contributed by atoms with Crippen LogP contribution in [0.5, 0.6) is 0 Å². The number of thiophene rings is 1. The van der Waals surface area contributed by atoms with E-state index in [9.17, 15) is 9.59 Å². The number of amides is 2. The summed E-state index contributed by atoms with van der Waals surface area (Å²) < 4.78 is 0. The molecule has 2 aromatic rings. The number of pyridine rings is 1. The van der Waals surface area contributed by atoms with E-state index in [1.165, 1.54) is 4.88 Å². The fourth-order valence-corrected chi connectivity index (χ4v) is 5.04. The van der Waals surface area contributed by atoms with Crippen LogP contribution in [0.25, 0.3) is 0 Å². The molecule has 1 aliphatic carbocycles. The average molecular weight is 400 g/mol. The molecular weight excluding hydrogens is 370 g/mol. The quantitative estimate of drug-likeness (QED) is 0.729. The lowest BCUT2D eigenvalue weighted by molar-refractivity contribution is 0.0770. The van der Waals surface area contributed by atoms with Crippen LogP contribution in [-0.2, 0) is 12.8 Å². The molecular formula is C22H29N3O2S. The van der Waals surface area contributed by atoms with Gasteiger partial charge < -0.3 is 10.2 Å². The highest BCUT2D eigenvalue weighted by Gasteiger charge is 2.28. The molecule has 0 atom stereocenters. The van der Waals surface area contributed by atoms with Gasteiger partial charge in [0, 0.05) is 30.9 Å². The Labute approximate surface area is 171 Å². The normalized spacial score (nSPS) is 13.3. The summed E-state index contributed by atoms with van der Waals surface area (Å²) >= 11 is 1.56. The fraction of sp³-hybridized carbons (Fsp3) is 0.500. The van der Waals surface area contributed by atoms with E-state index in [0.29, 0.717) is 22.0 Å². The third-order valence-electron chi connectivity index (χ3n) is 5.57. The summed E-state index contributed by atoms with van der Waals surface area (Å²) in [5, 5.41) is 3.68. The van der Waals surface area contributed by atoms with Crippen molar-refractivity contribution in [3.8, 4) is 0 Å². The van der Waals surface area contributed by atoms with Gasteiger partial charge in [0.15, 0.2) is 0 Å². The van der Waals surface area contributed by atoms with Gasteiger partial charge in [-0.2, -0.15) is 0 Å². The lowest BCUT2D eigenvalue weighted by Crippen LogP contribution is -2.32. The molecule has 0 aliphatic heterocycles. The maximum Gasteiger partial charge on any atom is 0.257 e. The molecule has 0 spiro atoms. The topological polar surface area (TPSA) is 62.3 Å². The molecule has 3 rings (SSSR count). The third-order valence-corrected chi connectivity index (χ3v) is 6.78. The fourth-order valence-electron chi connectivity index (χ4n) is 3.76. The minimum atomic E-state index is -0.219. The summed E-state index contributed by atoms with van der Waals surface area (Å²) in [6.45, 7) is 5.07. The Hall–Kier alpha value is -2.21. The maximum absolute atomic E-state index is 13.4. The zero-order valence-corrected chi connectivity index (χ0v) is 17.8. The summed E-state index contributed by atoms with van der Waals surface area (Å²) in [4.78, 5) is 33.1. The zero-order valence-electron chi connectivity index (χ0n) is 17.0. The average Bonchev–Trinajstić information content (AvgIpc) is 3.09. The van der Waals surface area contributed by atoms with Gasteiger partial charge in [-0.25, -0.2) is 0 Å². The van der Waals surface area contributed by atoms with E-state index in [4.69, 9.17) is 0 Å². The lowest BCUT2D eigenvalue weighted by atomic mass is 9.94. The Morgan fingerprint density at radius 1 is 1.25 bits per heavy atom. The van der Waals surface area contributed by atoms with E-state index in [-0.39, 0.29) is 11.8 Å². The van der Waals surface area contributed by atoms with Crippen LogP contribution >= 0.6 is 11.3 Å². The highest BCUT2D eigenvalue weighted by molar-refractivity contribution is 7.17. The van der Waals surface area contributed by atoms with E-state index < -0.39 is 0 Å². The van der Waals surface area contributed by atoms with Gasteiger partial charge in [0.1, 0.15) is 5.00 Å². The molecule has 6 heteroatoms. The zero-order chi connectivity index (χ0) is 20.1. The maximum atomic E-state index is 13.4. The molecule has 0 saturated carbocycles. The molecule has 0 aromatic carbocycles. The second kappa shape index (κ2) is 9.32. The first-order valence-corrected chi connectivity index (χ1v) is 11.0. The molecule has 0 saturated heterocycles. The molecule has 0 bridgehead atoms. The van der Waals surface area contributed by atoms with Crippen LogP contribution in [-0.4, -0.2) is 35.3 Å². The molecule has 2 aromatic heterocycles. The molecule has 1 N–H and O–H groups in total. The number of aromatic nitrogens is 1. The van der Waals surface area contributed by atoms with Crippen molar-refractivity contribution in [3.63, 3.8) is 0 Å². The Morgan fingerprint density at radius 2 is 2.00 bits per heavy atom. The summed E-state index contributed by atoms with van der Waals surface area (Å²) in [6, 6.07) is 3.47. The smallest absolute Gasteiger partial charge is 0.257 e. The van der Waals surface area contributed by atoms with Crippen molar-refractivity contribution in [2.75, 3.05) is 18.9 Å². The van der Waals surface area contributed by atoms with Crippen molar-refractivity contribution in [1.29, 1.82) is 0 Å². The first kappa shape index (κ1) is 20.5. The van der Waals surface area contributed by atoms with Crippen molar-refractivity contribution in [2.24, 2.45) is 5.92 Å². The van der Waals surface area contributed by atoms with Gasteiger partial charge in [0.05, 0.1) is 11.1 Å². The number of carbonyl (C=O) groups is 2. The second-order valence-electron chi connectivity index (χ2n) is 7.48. The molecule has 0 radical (unpaired) electrons. The lowest BCUT2D eigenvalue weighted by Gasteiger charge is -2.24. The van der Waals surface area contributed by atoms with Crippen molar-refractivity contribution in [2.45, 2.75) is 52.4 Å². The van der Waals surface area contributed by atoms with Crippen molar-refractivity contribution in [3.05, 3.63) is 46.1 Å². The van der Waals surface area contributed by atoms with E-state index >= 15 is 0 Å². The number of hydrogen-bond acceptors (Lipinski definition) is 4. The second-order valence-corrected chi connectivity index (χ2v) is 8.58. The Morgan fingerprint density at radius 3 is 2.68 bits per heavy atom. The Bertz CT molecular complexity index is 828. The number of anilines is 1. The molecule has 2 heterocycles. The van der Waals surface area contributed by atoms with E-state index in [0.717, 1.165) is 50.6 Å². The Kier molecular flexibility index (Phi) is 6.83. The molecule has 1 aliphatic rings. The van der Waals surface area contributed by atoms with Crippen LogP contribution in [0.2, 0.25) is 0 Å². The number of hydrogen-bond donors (Lipinski definition) is 1. The van der Waals surface area contributed by atoms with Gasteiger partial charge in [0.25, 0.3) is 11.8 Å². The molecule has 150 valence electrons. The van der Waals surface area contributed by atoms with Crippen LogP contribution in [0.1, 0.15) is 70.7 Å². The summed E-state index contributed by atoms with van der Waals surface area (Å²) in [6.07, 6.45) is 9.43. The number of nitrogens with one attached hydrogen (secondary N) is 1. The highest BCUT2D eigenvalue weighted by Crippen LogP contribution is 2.39. The number of nitrogens with zero attached hydrogens (tertiary/aromatic N) is 2. The summed E-state index contributed by atoms with van der Waals surface area (Å²) in [7, 11) is 1.88. The molecule has 5 nitrogen and oxygen atoms in total. The number of fused-ring (bicyclic) bond motifs is 1. The van der Waals surface area contributed by atoms with Crippen molar-refractivity contribution < 1.29 is 9.59 Å². The number of rotatable bonds is 7. The largest absolute Gasteiger partial charge is 0.341 e. The minimum absolute atomic E-state index is 0.0211.